The van der Waals surface area contributed by atoms with Gasteiger partial charge in [-0.05, 0) is 12.5 Å². The van der Waals surface area contributed by atoms with Crippen LogP contribution in [0.2, 0.25) is 4.34 Å². The second kappa shape index (κ2) is 6.64. The average Bonchev–Trinajstić information content (AvgIpc) is 2.65. The normalized spacial score (nSPS) is 19.2. The third-order valence-electron chi connectivity index (χ3n) is 3.27. The van der Waals surface area contributed by atoms with E-state index < -0.39 is 12.1 Å². The number of carbonyl (C=O) groups is 2. The van der Waals surface area contributed by atoms with Crippen LogP contribution in [0.5, 0.6) is 0 Å². The summed E-state index contributed by atoms with van der Waals surface area (Å²) in [6.07, 6.45) is -0.359. The lowest BCUT2D eigenvalue weighted by Crippen LogP contribution is -2.35. The topological polar surface area (TPSA) is 70.1 Å². The van der Waals surface area contributed by atoms with E-state index >= 15 is 0 Å². The maximum absolute atomic E-state index is 12.0. The number of hydrogen-bond acceptors (Lipinski definition) is 4. The van der Waals surface area contributed by atoms with Crippen LogP contribution >= 0.6 is 22.9 Å². The lowest BCUT2D eigenvalue weighted by Gasteiger charge is -2.26. The zero-order valence-corrected chi connectivity index (χ0v) is 13.4. The Balaban J connectivity index is 2.34. The summed E-state index contributed by atoms with van der Waals surface area (Å²) in [5.74, 6) is -0.149. The van der Waals surface area contributed by atoms with Crippen molar-refractivity contribution < 1.29 is 19.4 Å². The smallest absolute Gasteiger partial charge is 0.407 e. The number of ether oxygens (including phenoxy) is 1. The van der Waals surface area contributed by atoms with E-state index in [0.717, 1.165) is 11.3 Å². The number of carboxylic acid groups (broad SMARTS) is 1. The summed E-state index contributed by atoms with van der Waals surface area (Å²) >= 11 is 7.39. The van der Waals surface area contributed by atoms with E-state index in [4.69, 9.17) is 16.3 Å². The van der Waals surface area contributed by atoms with Gasteiger partial charge < -0.3 is 14.7 Å². The van der Waals surface area contributed by atoms with E-state index in [9.17, 15) is 14.7 Å². The predicted octanol–water partition coefficient (Wildman–Crippen LogP) is 2.54. The van der Waals surface area contributed by atoms with Gasteiger partial charge in [0, 0.05) is 32.8 Å². The first kappa shape index (κ1) is 16.1. The molecule has 1 aromatic heterocycles. The zero-order chi connectivity index (χ0) is 15.6. The Hall–Kier alpha value is -1.31. The van der Waals surface area contributed by atoms with Crippen molar-refractivity contribution in [1.82, 2.24) is 9.80 Å². The number of amides is 2. The van der Waals surface area contributed by atoms with Crippen LogP contribution < -0.4 is 0 Å². The number of hydrogen-bond donors (Lipinski definition) is 1. The van der Waals surface area contributed by atoms with Gasteiger partial charge in [0.1, 0.15) is 0 Å². The minimum absolute atomic E-state index is 0.149. The summed E-state index contributed by atoms with van der Waals surface area (Å²) in [7, 11) is 3.32. The van der Waals surface area contributed by atoms with Crippen LogP contribution in [-0.2, 0) is 4.74 Å². The fourth-order valence-corrected chi connectivity index (χ4v) is 3.59. The molecule has 1 saturated heterocycles. The highest BCUT2D eigenvalue weighted by Crippen LogP contribution is 2.36. The molecule has 0 radical (unpaired) electrons. The molecule has 116 valence electrons. The second-order valence-corrected chi connectivity index (χ2v) is 6.61. The van der Waals surface area contributed by atoms with E-state index in [-0.39, 0.29) is 12.5 Å². The average molecular weight is 333 g/mol. The molecule has 2 rings (SSSR count). The highest BCUT2D eigenvalue weighted by Gasteiger charge is 2.30. The lowest BCUT2D eigenvalue weighted by molar-refractivity contribution is 0.0831. The molecule has 21 heavy (non-hydrogen) atoms. The van der Waals surface area contributed by atoms with Gasteiger partial charge >= 0.3 is 6.09 Å². The number of nitrogens with zero attached hydrogens (tertiary/aromatic N) is 2. The quantitative estimate of drug-likeness (QED) is 0.903. The van der Waals surface area contributed by atoms with Crippen LogP contribution in [0.1, 0.15) is 27.7 Å². The fourth-order valence-electron chi connectivity index (χ4n) is 2.20. The Kier molecular flexibility index (Phi) is 5.08. The number of carbonyl (C=O) groups excluding carboxylic acids is 1. The zero-order valence-electron chi connectivity index (χ0n) is 11.8. The van der Waals surface area contributed by atoms with Gasteiger partial charge in [0.15, 0.2) is 0 Å². The van der Waals surface area contributed by atoms with Gasteiger partial charge in [-0.25, -0.2) is 4.79 Å². The Morgan fingerprint density at radius 2 is 2.24 bits per heavy atom. The first-order chi connectivity index (χ1) is 9.91. The van der Waals surface area contributed by atoms with Crippen LogP contribution in [0.3, 0.4) is 0 Å². The van der Waals surface area contributed by atoms with Crippen molar-refractivity contribution in [2.24, 2.45) is 0 Å². The molecular weight excluding hydrogens is 316 g/mol. The monoisotopic (exact) mass is 332 g/mol. The van der Waals surface area contributed by atoms with E-state index in [1.54, 1.807) is 20.2 Å². The Morgan fingerprint density at radius 3 is 2.86 bits per heavy atom. The summed E-state index contributed by atoms with van der Waals surface area (Å²) < 4.78 is 5.89. The van der Waals surface area contributed by atoms with E-state index in [2.05, 4.69) is 0 Å². The summed E-state index contributed by atoms with van der Waals surface area (Å²) in [6.45, 7) is 1.16. The molecule has 1 unspecified atom stereocenters. The fraction of sp³-hybridized carbons (Fsp3) is 0.538. The number of halogens is 1. The summed E-state index contributed by atoms with van der Waals surface area (Å²) in [5.41, 5.74) is 0.635. The van der Waals surface area contributed by atoms with Crippen molar-refractivity contribution in [2.75, 3.05) is 33.9 Å². The van der Waals surface area contributed by atoms with Gasteiger partial charge in [-0.1, -0.05) is 11.6 Å². The highest BCUT2D eigenvalue weighted by molar-refractivity contribution is 7.18. The lowest BCUT2D eigenvalue weighted by atomic mass is 10.1. The minimum atomic E-state index is -1.01. The molecule has 6 nitrogen and oxygen atoms in total. The third kappa shape index (κ3) is 3.48. The van der Waals surface area contributed by atoms with Gasteiger partial charge in [-0.3, -0.25) is 9.69 Å². The van der Waals surface area contributed by atoms with Crippen molar-refractivity contribution in [2.45, 2.75) is 12.5 Å². The Morgan fingerprint density at radius 1 is 1.52 bits per heavy atom. The van der Waals surface area contributed by atoms with Crippen LogP contribution in [0, 0.1) is 0 Å². The van der Waals surface area contributed by atoms with Crippen LogP contribution in [0.15, 0.2) is 6.07 Å². The van der Waals surface area contributed by atoms with Crippen LogP contribution in [-0.4, -0.2) is 60.8 Å². The molecule has 0 aliphatic carbocycles. The highest BCUT2D eigenvalue weighted by atomic mass is 35.5. The van der Waals surface area contributed by atoms with Gasteiger partial charge in [0.25, 0.3) is 5.91 Å². The van der Waals surface area contributed by atoms with Crippen LogP contribution in [0.4, 0.5) is 4.79 Å². The molecule has 1 N–H and O–H groups in total. The number of rotatable bonds is 2. The molecule has 1 aliphatic heterocycles. The van der Waals surface area contributed by atoms with Crippen molar-refractivity contribution in [1.29, 1.82) is 0 Å². The maximum atomic E-state index is 12.0. The molecule has 1 fully saturated rings. The first-order valence-electron chi connectivity index (χ1n) is 6.50. The summed E-state index contributed by atoms with van der Waals surface area (Å²) in [5, 5.41) is 9.35. The second-order valence-electron chi connectivity index (χ2n) is 4.96. The van der Waals surface area contributed by atoms with E-state index in [1.807, 2.05) is 0 Å². The molecular formula is C13H17ClN2O4S. The van der Waals surface area contributed by atoms with Crippen molar-refractivity contribution in [3.63, 3.8) is 0 Å². The van der Waals surface area contributed by atoms with Crippen molar-refractivity contribution in [3.8, 4) is 0 Å². The van der Waals surface area contributed by atoms with Gasteiger partial charge in [0.2, 0.25) is 0 Å². The molecule has 1 atom stereocenters. The standard InChI is InChI=1S/C13H17ClN2O4S/c1-15(2)12(17)10-6-8(11(14)21-10)9-7-20-5-3-4-16(9)13(18)19/h6,9H,3-5,7H2,1-2H3,(H,18,19). The SMILES string of the molecule is CN(C)C(=O)c1cc(C2COCCCN2C(=O)O)c(Cl)s1. The minimum Gasteiger partial charge on any atom is -0.465 e. The molecule has 1 aliphatic rings. The first-order valence-corrected chi connectivity index (χ1v) is 7.69. The van der Waals surface area contributed by atoms with E-state index in [0.29, 0.717) is 34.3 Å². The molecule has 2 heterocycles. The van der Waals surface area contributed by atoms with Gasteiger partial charge in [0.05, 0.1) is 21.9 Å². The molecule has 2 amide bonds. The summed E-state index contributed by atoms with van der Waals surface area (Å²) in [4.78, 5) is 26.7. The maximum Gasteiger partial charge on any atom is 0.407 e. The van der Waals surface area contributed by atoms with Crippen molar-refractivity contribution in [3.05, 3.63) is 20.8 Å². The van der Waals surface area contributed by atoms with Crippen LogP contribution in [0.25, 0.3) is 0 Å². The Bertz CT molecular complexity index is 546. The molecule has 0 saturated carbocycles. The van der Waals surface area contributed by atoms with Gasteiger partial charge in [-0.15, -0.1) is 11.3 Å². The largest absolute Gasteiger partial charge is 0.465 e. The van der Waals surface area contributed by atoms with E-state index in [1.165, 1.54) is 9.80 Å². The summed E-state index contributed by atoms with van der Waals surface area (Å²) in [6, 6.07) is 1.20. The third-order valence-corrected chi connectivity index (χ3v) is 4.65. The molecule has 0 bridgehead atoms. The van der Waals surface area contributed by atoms with Crippen molar-refractivity contribution >= 4 is 34.9 Å². The molecule has 8 heteroatoms. The number of thiophene rings is 1. The predicted molar refractivity (Wildman–Crippen MR) is 80.3 cm³/mol. The molecule has 0 spiro atoms. The van der Waals surface area contributed by atoms with Gasteiger partial charge in [-0.2, -0.15) is 0 Å². The molecule has 1 aromatic rings. The Labute approximate surface area is 131 Å². The molecule has 0 aromatic carbocycles.